The van der Waals surface area contributed by atoms with Crippen LogP contribution in [0.5, 0.6) is 5.75 Å². The molecule has 40 heavy (non-hydrogen) atoms. The Hall–Kier alpha value is -2.77. The van der Waals surface area contributed by atoms with E-state index < -0.39 is 6.89 Å². The average molecular weight is 582 g/mol. The van der Waals surface area contributed by atoms with Gasteiger partial charge in [-0.2, -0.15) is 4.98 Å². The van der Waals surface area contributed by atoms with Crippen LogP contribution in [0.3, 0.4) is 0 Å². The second kappa shape index (κ2) is 12.4. The summed E-state index contributed by atoms with van der Waals surface area (Å²) in [7, 11) is 3.91. The minimum absolute atomic E-state index is 0.437. The van der Waals surface area contributed by atoms with Crippen LogP contribution in [0.15, 0.2) is 48.7 Å². The summed E-state index contributed by atoms with van der Waals surface area (Å²) in [5, 5.41) is 8.36. The quantitative estimate of drug-likeness (QED) is 0.353. The molecule has 214 valence electrons. The SMILES string of the molecule is C=P(C)(C)c1ccccc1Nc1nc(Nc2ccc(N3CCC(N4CCN(C)CC4)CC3)cc2OC)ncc1Cl. The number of nitrogens with one attached hydrogen (secondary N) is 2. The fourth-order valence-corrected chi connectivity index (χ4v) is 6.94. The average Bonchev–Trinajstić information content (AvgIpc) is 2.95. The molecule has 3 heterocycles. The minimum Gasteiger partial charge on any atom is -0.494 e. The number of benzene rings is 2. The number of halogens is 1. The van der Waals surface area contributed by atoms with Gasteiger partial charge < -0.3 is 25.2 Å². The highest BCUT2D eigenvalue weighted by Gasteiger charge is 2.27. The van der Waals surface area contributed by atoms with E-state index >= 15 is 0 Å². The molecule has 2 N–H and O–H groups in total. The van der Waals surface area contributed by atoms with Gasteiger partial charge >= 0.3 is 0 Å². The molecule has 3 aromatic rings. The maximum Gasteiger partial charge on any atom is 0.229 e. The normalized spacial score (nSPS) is 17.6. The Kier molecular flexibility index (Phi) is 8.91. The molecular weight excluding hydrogens is 541 g/mol. The van der Waals surface area contributed by atoms with Crippen molar-refractivity contribution in [3.63, 3.8) is 0 Å². The number of likely N-dealkylation sites (N-methyl/N-ethyl adjacent to an activating group) is 1. The minimum atomic E-state index is -1.50. The molecule has 0 amide bonds. The fourth-order valence-electron chi connectivity index (χ4n) is 5.53. The van der Waals surface area contributed by atoms with E-state index in [0.29, 0.717) is 22.8 Å². The van der Waals surface area contributed by atoms with Crippen LogP contribution < -0.4 is 25.6 Å². The molecule has 2 aliphatic rings. The largest absolute Gasteiger partial charge is 0.494 e. The van der Waals surface area contributed by atoms with Gasteiger partial charge in [-0.15, -0.1) is 0 Å². The number of piperidine rings is 1. The summed E-state index contributed by atoms with van der Waals surface area (Å²) in [6, 6.07) is 15.1. The van der Waals surface area contributed by atoms with Crippen LogP contribution in [0.1, 0.15) is 12.8 Å². The first-order valence-corrected chi connectivity index (χ1v) is 17.2. The maximum absolute atomic E-state index is 6.49. The van der Waals surface area contributed by atoms with Crippen LogP contribution >= 0.6 is 18.5 Å². The third-order valence-corrected chi connectivity index (χ3v) is 9.84. The molecule has 0 bridgehead atoms. The molecule has 2 saturated heterocycles. The van der Waals surface area contributed by atoms with E-state index in [2.05, 4.69) is 80.2 Å². The highest BCUT2D eigenvalue weighted by atomic mass is 35.5. The maximum atomic E-state index is 6.49. The lowest BCUT2D eigenvalue weighted by Crippen LogP contribution is -2.52. The summed E-state index contributed by atoms with van der Waals surface area (Å²) in [5.74, 6) is 1.73. The number of ether oxygens (including phenoxy) is 1. The van der Waals surface area contributed by atoms with E-state index in [-0.39, 0.29) is 0 Å². The molecule has 0 spiro atoms. The van der Waals surface area contributed by atoms with Crippen LogP contribution in [-0.2, 0) is 0 Å². The van der Waals surface area contributed by atoms with Crippen LogP contribution in [0.4, 0.5) is 28.8 Å². The zero-order valence-electron chi connectivity index (χ0n) is 24.0. The van der Waals surface area contributed by atoms with Crippen LogP contribution in [0.25, 0.3) is 0 Å². The van der Waals surface area contributed by atoms with E-state index in [0.717, 1.165) is 30.2 Å². The molecular formula is C30H41ClN7OP. The molecule has 2 aliphatic heterocycles. The van der Waals surface area contributed by atoms with Crippen molar-refractivity contribution in [3.8, 4) is 5.75 Å². The van der Waals surface area contributed by atoms with Gasteiger partial charge in [-0.05, 0) is 56.7 Å². The number of para-hydroxylation sites is 1. The molecule has 8 nitrogen and oxygen atoms in total. The number of nitrogens with zero attached hydrogens (tertiary/aromatic N) is 5. The van der Waals surface area contributed by atoms with E-state index in [4.69, 9.17) is 16.3 Å². The molecule has 0 atom stereocenters. The summed E-state index contributed by atoms with van der Waals surface area (Å²) >= 11 is 6.49. The first-order chi connectivity index (χ1) is 19.2. The van der Waals surface area contributed by atoms with Gasteiger partial charge in [-0.1, -0.05) is 43.0 Å². The van der Waals surface area contributed by atoms with Crippen molar-refractivity contribution in [2.24, 2.45) is 0 Å². The Labute approximate surface area is 243 Å². The molecule has 0 aliphatic carbocycles. The molecule has 2 fully saturated rings. The lowest BCUT2D eigenvalue weighted by atomic mass is 10.0. The number of anilines is 5. The zero-order chi connectivity index (χ0) is 28.3. The number of piperazine rings is 1. The van der Waals surface area contributed by atoms with E-state index in [1.54, 1.807) is 13.3 Å². The molecule has 10 heteroatoms. The second-order valence-electron chi connectivity index (χ2n) is 11.3. The van der Waals surface area contributed by atoms with Crippen molar-refractivity contribution in [1.82, 2.24) is 19.8 Å². The van der Waals surface area contributed by atoms with Gasteiger partial charge in [0, 0.05) is 62.8 Å². The van der Waals surface area contributed by atoms with Gasteiger partial charge in [-0.3, -0.25) is 4.90 Å². The molecule has 2 aromatic carbocycles. The van der Waals surface area contributed by atoms with Crippen molar-refractivity contribution in [2.75, 3.05) is 82.3 Å². The van der Waals surface area contributed by atoms with Crippen LogP contribution in [-0.4, -0.2) is 98.9 Å². The smallest absolute Gasteiger partial charge is 0.229 e. The Morgan fingerprint density at radius 1 is 0.975 bits per heavy atom. The molecule has 5 rings (SSSR count). The van der Waals surface area contributed by atoms with Gasteiger partial charge in [0.25, 0.3) is 0 Å². The third kappa shape index (κ3) is 6.74. The molecule has 1 aromatic heterocycles. The van der Waals surface area contributed by atoms with Gasteiger partial charge in [0.2, 0.25) is 5.95 Å². The van der Waals surface area contributed by atoms with Crippen molar-refractivity contribution >= 4 is 58.9 Å². The monoisotopic (exact) mass is 581 g/mol. The van der Waals surface area contributed by atoms with Crippen molar-refractivity contribution in [2.45, 2.75) is 18.9 Å². The van der Waals surface area contributed by atoms with E-state index in [1.807, 2.05) is 24.3 Å². The standard InChI is InChI=1S/C30H41ClN7OP/c1-36-16-18-38(19-17-36)22-12-14-37(15-13-22)23-10-11-25(27(20-23)39-2)34-30-32-21-24(31)29(35-30)33-26-8-6-7-9-28(26)40(3,4)5/h6-11,20-22H,3,12-19H2,1-2,4-5H3,(H2,32,33,34,35). The number of hydrogen-bond acceptors (Lipinski definition) is 8. The number of rotatable bonds is 8. The Morgan fingerprint density at radius 3 is 2.40 bits per heavy atom. The Balaban J connectivity index is 1.27. The zero-order valence-corrected chi connectivity index (χ0v) is 25.7. The Morgan fingerprint density at radius 2 is 1.70 bits per heavy atom. The molecule has 0 saturated carbocycles. The predicted molar refractivity (Wildman–Crippen MR) is 173 cm³/mol. The Bertz CT molecular complexity index is 1360. The second-order valence-corrected chi connectivity index (χ2v) is 15.5. The number of hydrogen-bond donors (Lipinski definition) is 2. The highest BCUT2D eigenvalue weighted by Crippen LogP contribution is 2.38. The van der Waals surface area contributed by atoms with Crippen LogP contribution in [0, 0.1) is 0 Å². The van der Waals surface area contributed by atoms with Gasteiger partial charge in [0.1, 0.15) is 10.8 Å². The summed E-state index contributed by atoms with van der Waals surface area (Å²) in [6.45, 7) is 9.68. The summed E-state index contributed by atoms with van der Waals surface area (Å²) in [4.78, 5) is 16.7. The van der Waals surface area contributed by atoms with Crippen molar-refractivity contribution < 1.29 is 4.74 Å². The van der Waals surface area contributed by atoms with Gasteiger partial charge in [0.05, 0.1) is 19.0 Å². The van der Waals surface area contributed by atoms with Gasteiger partial charge in [-0.25, -0.2) is 4.98 Å². The fraction of sp³-hybridized carbons (Fsp3) is 0.433. The van der Waals surface area contributed by atoms with E-state index in [1.165, 1.54) is 50.0 Å². The lowest BCUT2D eigenvalue weighted by Gasteiger charge is -2.42. The number of aromatic nitrogens is 2. The first-order valence-electron chi connectivity index (χ1n) is 13.9. The topological polar surface area (TPSA) is 68.8 Å². The third-order valence-electron chi connectivity index (χ3n) is 7.87. The number of methoxy groups -OCH3 is 1. The molecule has 0 radical (unpaired) electrons. The van der Waals surface area contributed by atoms with Crippen molar-refractivity contribution in [3.05, 3.63) is 53.7 Å². The summed E-state index contributed by atoms with van der Waals surface area (Å²) in [5.41, 5.74) is 2.94. The highest BCUT2D eigenvalue weighted by molar-refractivity contribution is 7.79. The predicted octanol–water partition coefficient (Wildman–Crippen LogP) is 5.18. The van der Waals surface area contributed by atoms with Crippen molar-refractivity contribution in [1.29, 1.82) is 0 Å². The van der Waals surface area contributed by atoms with Gasteiger partial charge in [0.15, 0.2) is 5.82 Å². The van der Waals surface area contributed by atoms with E-state index in [9.17, 15) is 0 Å². The first kappa shape index (κ1) is 28.7. The lowest BCUT2D eigenvalue weighted by molar-refractivity contribution is 0.0982. The summed E-state index contributed by atoms with van der Waals surface area (Å²) in [6.07, 6.45) is 8.39. The van der Waals surface area contributed by atoms with Crippen LogP contribution in [0.2, 0.25) is 5.02 Å². The summed E-state index contributed by atoms with van der Waals surface area (Å²) < 4.78 is 5.78. The molecule has 0 unspecified atom stereocenters.